The van der Waals surface area contributed by atoms with Gasteiger partial charge in [0.2, 0.25) is 0 Å². The Morgan fingerprint density at radius 3 is 2.68 bits per heavy atom. The lowest BCUT2D eigenvalue weighted by atomic mass is 9.97. The van der Waals surface area contributed by atoms with Gasteiger partial charge < -0.3 is 20.3 Å². The van der Waals surface area contributed by atoms with Crippen molar-refractivity contribution in [2.24, 2.45) is 10.9 Å². The van der Waals surface area contributed by atoms with E-state index in [0.29, 0.717) is 12.0 Å². The molecule has 25 heavy (non-hydrogen) atoms. The SMILES string of the molecule is CN=C(NCCc1ccc(OC)cc1)NCC1CCCN(C(C)C)C1. The van der Waals surface area contributed by atoms with Crippen LogP contribution in [0.2, 0.25) is 0 Å². The fourth-order valence-corrected chi connectivity index (χ4v) is 3.31. The minimum Gasteiger partial charge on any atom is -0.497 e. The molecular formula is C20H34N4O. The van der Waals surface area contributed by atoms with E-state index in [0.717, 1.165) is 31.2 Å². The third kappa shape index (κ3) is 6.58. The maximum absolute atomic E-state index is 5.19. The largest absolute Gasteiger partial charge is 0.497 e. The summed E-state index contributed by atoms with van der Waals surface area (Å²) < 4.78 is 5.19. The number of aliphatic imine (C=N–C) groups is 1. The molecule has 140 valence electrons. The average Bonchev–Trinajstić information content (AvgIpc) is 2.65. The summed E-state index contributed by atoms with van der Waals surface area (Å²) >= 11 is 0. The molecule has 1 heterocycles. The Morgan fingerprint density at radius 2 is 2.04 bits per heavy atom. The lowest BCUT2D eigenvalue weighted by Crippen LogP contribution is -2.46. The van der Waals surface area contributed by atoms with Crippen LogP contribution in [0.15, 0.2) is 29.3 Å². The summed E-state index contributed by atoms with van der Waals surface area (Å²) in [6.45, 7) is 8.86. The Kier molecular flexibility index (Phi) is 8.06. The Balaban J connectivity index is 1.69. The van der Waals surface area contributed by atoms with Crippen molar-refractivity contribution < 1.29 is 4.74 Å². The maximum Gasteiger partial charge on any atom is 0.190 e. The van der Waals surface area contributed by atoms with Gasteiger partial charge in [0.25, 0.3) is 0 Å². The predicted molar refractivity (Wildman–Crippen MR) is 105 cm³/mol. The van der Waals surface area contributed by atoms with Crippen LogP contribution < -0.4 is 15.4 Å². The van der Waals surface area contributed by atoms with E-state index in [-0.39, 0.29) is 0 Å². The third-order valence-electron chi connectivity index (χ3n) is 4.93. The third-order valence-corrected chi connectivity index (χ3v) is 4.93. The second-order valence-corrected chi connectivity index (χ2v) is 7.07. The Labute approximate surface area is 152 Å². The molecule has 1 fully saturated rings. The van der Waals surface area contributed by atoms with Gasteiger partial charge in [-0.05, 0) is 63.3 Å². The van der Waals surface area contributed by atoms with E-state index in [1.807, 2.05) is 19.2 Å². The molecule has 1 aromatic carbocycles. The van der Waals surface area contributed by atoms with E-state index in [1.54, 1.807) is 7.11 Å². The first kappa shape index (κ1) is 19.6. The topological polar surface area (TPSA) is 48.9 Å². The zero-order valence-corrected chi connectivity index (χ0v) is 16.2. The summed E-state index contributed by atoms with van der Waals surface area (Å²) in [7, 11) is 3.53. The predicted octanol–water partition coefficient (Wildman–Crippen LogP) is 2.52. The molecule has 5 heteroatoms. The molecule has 1 atom stereocenters. The van der Waals surface area contributed by atoms with Crippen molar-refractivity contribution in [3.63, 3.8) is 0 Å². The number of nitrogens with one attached hydrogen (secondary N) is 2. The molecule has 0 bridgehead atoms. The number of hydrogen-bond donors (Lipinski definition) is 2. The van der Waals surface area contributed by atoms with Gasteiger partial charge in [-0.15, -0.1) is 0 Å². The van der Waals surface area contributed by atoms with E-state index < -0.39 is 0 Å². The molecule has 1 aromatic rings. The zero-order chi connectivity index (χ0) is 18.1. The van der Waals surface area contributed by atoms with Crippen molar-refractivity contribution in [2.45, 2.75) is 39.2 Å². The zero-order valence-electron chi connectivity index (χ0n) is 16.2. The Hall–Kier alpha value is -1.75. The van der Waals surface area contributed by atoms with Crippen LogP contribution in [0.3, 0.4) is 0 Å². The molecule has 0 aromatic heterocycles. The van der Waals surface area contributed by atoms with Crippen LogP contribution in [0, 0.1) is 5.92 Å². The molecule has 1 aliphatic heterocycles. The van der Waals surface area contributed by atoms with E-state index in [2.05, 4.69) is 46.5 Å². The lowest BCUT2D eigenvalue weighted by molar-refractivity contribution is 0.141. The number of piperidine rings is 1. The van der Waals surface area contributed by atoms with Crippen LogP contribution in [0.5, 0.6) is 5.75 Å². The standard InChI is InChI=1S/C20H34N4O/c1-16(2)24-13-5-6-18(15-24)14-23-20(21-3)22-12-11-17-7-9-19(25-4)10-8-17/h7-10,16,18H,5-6,11-15H2,1-4H3,(H2,21,22,23). The summed E-state index contributed by atoms with van der Waals surface area (Å²) in [6.07, 6.45) is 3.57. The number of guanidine groups is 1. The molecule has 0 radical (unpaired) electrons. The van der Waals surface area contributed by atoms with E-state index >= 15 is 0 Å². The molecule has 0 spiro atoms. The van der Waals surface area contributed by atoms with Gasteiger partial charge in [-0.3, -0.25) is 4.99 Å². The number of benzene rings is 1. The van der Waals surface area contributed by atoms with Crippen molar-refractivity contribution in [1.29, 1.82) is 0 Å². The van der Waals surface area contributed by atoms with Crippen LogP contribution >= 0.6 is 0 Å². The molecule has 0 saturated carbocycles. The number of hydrogen-bond acceptors (Lipinski definition) is 3. The minimum atomic E-state index is 0.643. The number of ether oxygens (including phenoxy) is 1. The fraction of sp³-hybridized carbons (Fsp3) is 0.650. The van der Waals surface area contributed by atoms with E-state index in [1.165, 1.54) is 31.5 Å². The molecule has 2 N–H and O–H groups in total. The highest BCUT2D eigenvalue weighted by Crippen LogP contribution is 2.17. The molecule has 1 aliphatic rings. The van der Waals surface area contributed by atoms with Gasteiger partial charge in [0.1, 0.15) is 5.75 Å². The van der Waals surface area contributed by atoms with Crippen molar-refractivity contribution >= 4 is 5.96 Å². The van der Waals surface area contributed by atoms with E-state index in [9.17, 15) is 0 Å². The molecule has 5 nitrogen and oxygen atoms in total. The van der Waals surface area contributed by atoms with Gasteiger partial charge in [0, 0.05) is 32.7 Å². The minimum absolute atomic E-state index is 0.643. The van der Waals surface area contributed by atoms with Crippen LogP contribution in [-0.2, 0) is 6.42 Å². The van der Waals surface area contributed by atoms with Crippen molar-refractivity contribution in [3.05, 3.63) is 29.8 Å². The normalized spacial score (nSPS) is 19.1. The molecule has 0 amide bonds. The highest BCUT2D eigenvalue weighted by atomic mass is 16.5. The van der Waals surface area contributed by atoms with Crippen LogP contribution in [-0.4, -0.2) is 57.2 Å². The van der Waals surface area contributed by atoms with Crippen molar-refractivity contribution in [2.75, 3.05) is 40.3 Å². The van der Waals surface area contributed by atoms with Gasteiger partial charge in [-0.2, -0.15) is 0 Å². The monoisotopic (exact) mass is 346 g/mol. The molecule has 1 unspecified atom stereocenters. The fourth-order valence-electron chi connectivity index (χ4n) is 3.31. The maximum atomic E-state index is 5.19. The first-order valence-electron chi connectivity index (χ1n) is 9.44. The second kappa shape index (κ2) is 10.3. The number of nitrogens with zero attached hydrogens (tertiary/aromatic N) is 2. The van der Waals surface area contributed by atoms with Crippen molar-refractivity contribution in [3.8, 4) is 5.75 Å². The average molecular weight is 347 g/mol. The van der Waals surface area contributed by atoms with Crippen molar-refractivity contribution in [1.82, 2.24) is 15.5 Å². The van der Waals surface area contributed by atoms with Crippen LogP contribution in [0.1, 0.15) is 32.3 Å². The van der Waals surface area contributed by atoms with Gasteiger partial charge in [-0.1, -0.05) is 12.1 Å². The summed E-state index contributed by atoms with van der Waals surface area (Å²) in [5, 5.41) is 6.91. The first-order chi connectivity index (χ1) is 12.1. The van der Waals surface area contributed by atoms with Gasteiger partial charge in [0.05, 0.1) is 7.11 Å². The highest BCUT2D eigenvalue weighted by molar-refractivity contribution is 5.79. The summed E-state index contributed by atoms with van der Waals surface area (Å²) in [4.78, 5) is 6.93. The van der Waals surface area contributed by atoms with Gasteiger partial charge in [-0.25, -0.2) is 0 Å². The van der Waals surface area contributed by atoms with E-state index in [4.69, 9.17) is 4.74 Å². The second-order valence-electron chi connectivity index (χ2n) is 7.07. The molecular weight excluding hydrogens is 312 g/mol. The number of rotatable bonds is 7. The highest BCUT2D eigenvalue weighted by Gasteiger charge is 2.21. The first-order valence-corrected chi connectivity index (χ1v) is 9.44. The van der Waals surface area contributed by atoms with Gasteiger partial charge >= 0.3 is 0 Å². The summed E-state index contributed by atoms with van der Waals surface area (Å²) in [5.74, 6) is 2.50. The quantitative estimate of drug-likeness (QED) is 0.588. The number of likely N-dealkylation sites (tertiary alicyclic amines) is 1. The van der Waals surface area contributed by atoms with Crippen LogP contribution in [0.25, 0.3) is 0 Å². The Morgan fingerprint density at radius 1 is 1.28 bits per heavy atom. The molecule has 2 rings (SSSR count). The molecule has 1 saturated heterocycles. The van der Waals surface area contributed by atoms with Gasteiger partial charge in [0.15, 0.2) is 5.96 Å². The molecule has 0 aliphatic carbocycles. The Bertz CT molecular complexity index is 527. The lowest BCUT2D eigenvalue weighted by Gasteiger charge is -2.35. The summed E-state index contributed by atoms with van der Waals surface area (Å²) in [5.41, 5.74) is 1.30. The smallest absolute Gasteiger partial charge is 0.190 e. The number of methoxy groups -OCH3 is 1. The van der Waals surface area contributed by atoms with Crippen LogP contribution in [0.4, 0.5) is 0 Å². The summed E-state index contributed by atoms with van der Waals surface area (Å²) in [6, 6.07) is 8.88.